The Morgan fingerprint density at radius 3 is 2.54 bits per heavy atom. The maximum absolute atomic E-state index is 12.3. The molecule has 2 aromatic rings. The van der Waals surface area contributed by atoms with Crippen molar-refractivity contribution >= 4 is 85.1 Å². The third kappa shape index (κ3) is 7.07. The van der Waals surface area contributed by atoms with Crippen molar-refractivity contribution in [2.75, 3.05) is 34.4 Å². The molecule has 0 bridgehead atoms. The summed E-state index contributed by atoms with van der Waals surface area (Å²) in [5.74, 6) is -3.00. The number of benzene rings is 1. The summed E-state index contributed by atoms with van der Waals surface area (Å²) >= 11 is 0. The van der Waals surface area contributed by atoms with Gasteiger partial charge in [0.25, 0.3) is 11.5 Å². The van der Waals surface area contributed by atoms with Gasteiger partial charge in [-0.3, -0.25) is 24.2 Å². The number of carbonyl (C=O) groups excluding carboxylic acids is 2. The first kappa shape index (κ1) is 27.9. The van der Waals surface area contributed by atoms with Crippen LogP contribution in [-0.2, 0) is 14.4 Å². The molecule has 35 heavy (non-hydrogen) atoms. The molecule has 8 N–H and O–H groups in total. The van der Waals surface area contributed by atoms with Crippen molar-refractivity contribution < 1.29 is 29.4 Å². The second kappa shape index (κ2) is 12.4. The number of H-pyrrole nitrogens is 1. The summed E-state index contributed by atoms with van der Waals surface area (Å²) in [6.07, 6.45) is -0.101. The summed E-state index contributed by atoms with van der Waals surface area (Å²) in [6.45, 7) is 0.568. The SMILES string of the molecule is Nc1nc2c(c(=O)[nH]1)N(C=O)C(CNc1ccc(C(=O)NC(CCC(=O)O)C(=O)O)cc1)CN2.[Ca+2]. The molecule has 15 heteroatoms. The van der Waals surface area contributed by atoms with Crippen LogP contribution in [0.5, 0.6) is 0 Å². The number of nitrogens with two attached hydrogens (primary N) is 1. The molecule has 0 aliphatic carbocycles. The van der Waals surface area contributed by atoms with Gasteiger partial charge >= 0.3 is 49.7 Å². The molecule has 180 valence electrons. The zero-order valence-corrected chi connectivity index (χ0v) is 20.7. The van der Waals surface area contributed by atoms with Crippen LogP contribution in [0.1, 0.15) is 23.2 Å². The monoisotopic (exact) mass is 513 g/mol. The number of nitrogens with zero attached hydrogens (tertiary/aromatic N) is 2. The Balaban J connectivity index is 0.00000432. The van der Waals surface area contributed by atoms with E-state index < -0.39 is 41.9 Å². The van der Waals surface area contributed by atoms with E-state index in [1.54, 1.807) is 12.1 Å². The largest absolute Gasteiger partial charge is 2.00 e. The van der Waals surface area contributed by atoms with Crippen LogP contribution in [0.25, 0.3) is 0 Å². The molecular weight excluding hydrogens is 490 g/mol. The first-order valence-corrected chi connectivity index (χ1v) is 10.2. The first-order chi connectivity index (χ1) is 16.2. The Hall–Kier alpha value is -3.36. The molecule has 0 radical (unpaired) electrons. The quantitative estimate of drug-likeness (QED) is 0.149. The fourth-order valence-corrected chi connectivity index (χ4v) is 3.39. The fraction of sp³-hybridized carbons (Fsp3) is 0.300. The molecule has 0 fully saturated rings. The number of rotatable bonds is 10. The molecule has 2 unspecified atom stereocenters. The van der Waals surface area contributed by atoms with Gasteiger partial charge in [0.2, 0.25) is 12.4 Å². The summed E-state index contributed by atoms with van der Waals surface area (Å²) in [7, 11) is 0. The third-order valence-corrected chi connectivity index (χ3v) is 5.12. The van der Waals surface area contributed by atoms with Crippen molar-refractivity contribution in [3.05, 3.63) is 40.2 Å². The number of fused-ring (bicyclic) bond motifs is 1. The number of amides is 2. The van der Waals surface area contributed by atoms with Crippen molar-refractivity contribution in [3.8, 4) is 0 Å². The minimum Gasteiger partial charge on any atom is -0.481 e. The Bertz CT molecular complexity index is 1160. The van der Waals surface area contributed by atoms with E-state index >= 15 is 0 Å². The van der Waals surface area contributed by atoms with Crippen molar-refractivity contribution in [3.63, 3.8) is 0 Å². The van der Waals surface area contributed by atoms with Crippen LogP contribution in [0.15, 0.2) is 29.1 Å². The normalized spacial score (nSPS) is 15.0. The molecule has 14 nitrogen and oxygen atoms in total. The second-order valence-electron chi connectivity index (χ2n) is 7.45. The molecular formula is C20H23CaN7O7+2. The minimum absolute atomic E-state index is 0. The Morgan fingerprint density at radius 2 is 1.94 bits per heavy atom. The van der Waals surface area contributed by atoms with E-state index in [1.165, 1.54) is 17.0 Å². The zero-order chi connectivity index (χ0) is 24.8. The second-order valence-corrected chi connectivity index (χ2v) is 7.45. The number of carboxylic acids is 2. The number of hydrogen-bond acceptors (Lipinski definition) is 9. The molecule has 2 amide bonds. The van der Waals surface area contributed by atoms with E-state index in [4.69, 9.17) is 10.8 Å². The van der Waals surface area contributed by atoms with E-state index in [9.17, 15) is 29.1 Å². The van der Waals surface area contributed by atoms with Crippen molar-refractivity contribution in [1.82, 2.24) is 15.3 Å². The van der Waals surface area contributed by atoms with Crippen LogP contribution < -0.4 is 32.1 Å². The first-order valence-electron chi connectivity index (χ1n) is 10.2. The van der Waals surface area contributed by atoms with Crippen LogP contribution in [-0.4, -0.2) is 107 Å². The van der Waals surface area contributed by atoms with Crippen molar-refractivity contribution in [2.24, 2.45) is 0 Å². The fourth-order valence-electron chi connectivity index (χ4n) is 3.39. The predicted octanol–water partition coefficient (Wildman–Crippen LogP) is -1.11. The van der Waals surface area contributed by atoms with E-state index in [2.05, 4.69) is 25.9 Å². The molecule has 0 saturated carbocycles. The Labute approximate surface area is 228 Å². The van der Waals surface area contributed by atoms with Crippen LogP contribution >= 0.6 is 0 Å². The molecule has 1 aliphatic rings. The van der Waals surface area contributed by atoms with Crippen LogP contribution in [0.2, 0.25) is 0 Å². The minimum atomic E-state index is -1.33. The van der Waals surface area contributed by atoms with E-state index in [-0.39, 0.29) is 73.7 Å². The van der Waals surface area contributed by atoms with Crippen molar-refractivity contribution in [1.29, 1.82) is 0 Å². The average molecular weight is 514 g/mol. The Kier molecular flexibility index (Phi) is 9.86. The molecule has 3 rings (SSSR count). The van der Waals surface area contributed by atoms with Gasteiger partial charge in [-0.05, 0) is 30.7 Å². The van der Waals surface area contributed by atoms with Crippen LogP contribution in [0.4, 0.5) is 23.1 Å². The van der Waals surface area contributed by atoms with Gasteiger partial charge in [0.15, 0.2) is 11.5 Å². The smallest absolute Gasteiger partial charge is 0.481 e. The zero-order valence-electron chi connectivity index (χ0n) is 18.5. The summed E-state index contributed by atoms with van der Waals surface area (Å²) in [5.41, 5.74) is 5.84. The maximum atomic E-state index is 12.3. The number of aromatic amines is 1. The van der Waals surface area contributed by atoms with Gasteiger partial charge in [-0.15, -0.1) is 0 Å². The number of anilines is 4. The van der Waals surface area contributed by atoms with Gasteiger partial charge < -0.3 is 36.8 Å². The van der Waals surface area contributed by atoms with Gasteiger partial charge in [-0.1, -0.05) is 0 Å². The number of aromatic nitrogens is 2. The molecule has 0 saturated heterocycles. The van der Waals surface area contributed by atoms with Gasteiger partial charge in [-0.25, -0.2) is 4.79 Å². The van der Waals surface area contributed by atoms with Crippen LogP contribution in [0.3, 0.4) is 0 Å². The van der Waals surface area contributed by atoms with E-state index in [0.717, 1.165) is 0 Å². The van der Waals surface area contributed by atoms with Crippen LogP contribution in [0, 0.1) is 0 Å². The number of carboxylic acid groups (broad SMARTS) is 2. The number of nitrogen functional groups attached to an aromatic ring is 1. The standard InChI is InChI=1S/C20H23N7O7.Ca/c21-20-25-16-15(18(32)26-20)27(9-28)12(8-23-16)7-22-11-3-1-10(2-4-11)17(31)24-13(19(33)34)5-6-14(29)30;/h1-4,9,12-13,22H,5-8H2,(H,24,31)(H,29,30)(H,33,34)(H4,21,23,25,26,32);/q;+2. The molecule has 1 aromatic heterocycles. The number of carbonyl (C=O) groups is 4. The molecule has 0 spiro atoms. The third-order valence-electron chi connectivity index (χ3n) is 5.12. The van der Waals surface area contributed by atoms with E-state index in [1.807, 2.05) is 0 Å². The number of hydrogen-bond donors (Lipinski definition) is 7. The number of nitrogens with one attached hydrogen (secondary N) is 4. The summed E-state index contributed by atoms with van der Waals surface area (Å²) in [4.78, 5) is 65.7. The average Bonchev–Trinajstić information content (AvgIpc) is 2.79. The molecule has 1 aromatic carbocycles. The summed E-state index contributed by atoms with van der Waals surface area (Å²) in [5, 5.41) is 26.3. The topological polar surface area (TPSA) is 220 Å². The predicted molar refractivity (Wildman–Crippen MR) is 127 cm³/mol. The molecule has 2 atom stereocenters. The number of aliphatic carboxylic acids is 2. The van der Waals surface area contributed by atoms with Crippen molar-refractivity contribution in [2.45, 2.75) is 24.9 Å². The van der Waals surface area contributed by atoms with Gasteiger partial charge in [0.1, 0.15) is 6.04 Å². The Morgan fingerprint density at radius 1 is 1.26 bits per heavy atom. The summed E-state index contributed by atoms with van der Waals surface area (Å²) < 4.78 is 0. The molecule has 1 aliphatic heterocycles. The van der Waals surface area contributed by atoms with Gasteiger partial charge in [0.05, 0.1) is 6.04 Å². The molecule has 2 heterocycles. The van der Waals surface area contributed by atoms with Gasteiger partial charge in [0, 0.05) is 30.8 Å². The van der Waals surface area contributed by atoms with E-state index in [0.29, 0.717) is 18.6 Å². The van der Waals surface area contributed by atoms with Gasteiger partial charge in [-0.2, -0.15) is 4.98 Å². The maximum Gasteiger partial charge on any atom is 2.00 e. The summed E-state index contributed by atoms with van der Waals surface area (Å²) in [6, 6.07) is 4.36.